The van der Waals surface area contributed by atoms with Gasteiger partial charge in [-0.25, -0.2) is 8.42 Å². The molecular weight excluding hydrogens is 408 g/mol. The molecule has 0 unspecified atom stereocenters. The smallest absolute Gasteiger partial charge is 0.242 e. The average Bonchev–Trinajstić information content (AvgIpc) is 3.14. The van der Waals surface area contributed by atoms with Crippen molar-refractivity contribution in [2.45, 2.75) is 31.7 Å². The van der Waals surface area contributed by atoms with Gasteiger partial charge in [0.25, 0.3) is 0 Å². The molecule has 1 atom stereocenters. The molecule has 0 saturated carbocycles. The van der Waals surface area contributed by atoms with Crippen molar-refractivity contribution in [3.8, 4) is 17.1 Å². The summed E-state index contributed by atoms with van der Waals surface area (Å²) in [6.45, 7) is 4.78. The Morgan fingerprint density at radius 3 is 2.43 bits per heavy atom. The molecule has 0 aliphatic carbocycles. The van der Waals surface area contributed by atoms with E-state index < -0.39 is 22.0 Å². The predicted molar refractivity (Wildman–Crippen MR) is 111 cm³/mol. The monoisotopic (exact) mass is 430 g/mol. The van der Waals surface area contributed by atoms with Gasteiger partial charge < -0.3 is 14.6 Å². The van der Waals surface area contributed by atoms with E-state index in [0.29, 0.717) is 28.5 Å². The molecular formula is C20H22N4O5S. The lowest BCUT2D eigenvalue weighted by atomic mass is 10.1. The van der Waals surface area contributed by atoms with Gasteiger partial charge in [-0.05, 0) is 49.7 Å². The lowest BCUT2D eigenvalue weighted by Crippen LogP contribution is -2.41. The van der Waals surface area contributed by atoms with Gasteiger partial charge in [-0.1, -0.05) is 17.3 Å². The first-order chi connectivity index (χ1) is 14.2. The molecule has 3 rings (SSSR count). The fourth-order valence-corrected chi connectivity index (χ4v) is 4.19. The van der Waals surface area contributed by atoms with E-state index in [1.54, 1.807) is 57.4 Å². The normalized spacial score (nSPS) is 12.4. The molecule has 158 valence electrons. The Morgan fingerprint density at radius 2 is 1.83 bits per heavy atom. The van der Waals surface area contributed by atoms with Crippen LogP contribution in [-0.2, 0) is 14.8 Å². The summed E-state index contributed by atoms with van der Waals surface area (Å²) in [5, 5.41) is 6.48. The van der Waals surface area contributed by atoms with Crippen LogP contribution in [0.4, 0.5) is 5.69 Å². The van der Waals surface area contributed by atoms with Crippen LogP contribution in [0, 0.1) is 13.8 Å². The zero-order chi connectivity index (χ0) is 21.9. The van der Waals surface area contributed by atoms with Crippen LogP contribution in [0.15, 0.2) is 51.9 Å². The topological polar surface area (TPSA) is 123 Å². The van der Waals surface area contributed by atoms with Gasteiger partial charge in [-0.15, -0.1) is 0 Å². The number of anilines is 1. The fraction of sp³-hybridized carbons (Fsp3) is 0.250. The third kappa shape index (κ3) is 4.84. The van der Waals surface area contributed by atoms with Crippen molar-refractivity contribution in [2.24, 2.45) is 0 Å². The minimum absolute atomic E-state index is 0.0338. The van der Waals surface area contributed by atoms with E-state index in [4.69, 9.17) is 9.26 Å². The largest absolute Gasteiger partial charge is 0.497 e. The molecule has 0 aliphatic heterocycles. The van der Waals surface area contributed by atoms with Gasteiger partial charge in [-0.3, -0.25) is 4.79 Å². The number of methoxy groups -OCH3 is 1. The van der Waals surface area contributed by atoms with Gasteiger partial charge in [0.15, 0.2) is 0 Å². The number of nitrogens with one attached hydrogen (secondary N) is 2. The first-order valence-electron chi connectivity index (χ1n) is 9.08. The standard InChI is InChI=1S/C20H22N4O5S/c1-12-5-6-15(19-21-14(3)29-23-19)11-18(12)30(26,27)24-13(2)20(25)22-16-7-9-17(28-4)10-8-16/h5-11,13,24H,1-4H3,(H,22,25)/t13-/m1/s1. The molecule has 1 aromatic heterocycles. The van der Waals surface area contributed by atoms with E-state index in [9.17, 15) is 13.2 Å². The van der Waals surface area contributed by atoms with Gasteiger partial charge in [-0.2, -0.15) is 9.71 Å². The van der Waals surface area contributed by atoms with Crippen LogP contribution >= 0.6 is 0 Å². The number of hydrogen-bond acceptors (Lipinski definition) is 7. The van der Waals surface area contributed by atoms with Gasteiger partial charge in [0.2, 0.25) is 27.6 Å². The van der Waals surface area contributed by atoms with Crippen molar-refractivity contribution in [1.29, 1.82) is 0 Å². The van der Waals surface area contributed by atoms with E-state index in [2.05, 4.69) is 20.2 Å². The maximum atomic E-state index is 12.9. The molecule has 0 saturated heterocycles. The third-order valence-electron chi connectivity index (χ3n) is 4.35. The lowest BCUT2D eigenvalue weighted by molar-refractivity contribution is -0.117. The number of benzene rings is 2. The molecule has 1 heterocycles. The van der Waals surface area contributed by atoms with Crippen molar-refractivity contribution >= 4 is 21.6 Å². The summed E-state index contributed by atoms with van der Waals surface area (Å²) in [6, 6.07) is 10.5. The number of amides is 1. The number of aromatic nitrogens is 2. The molecule has 0 radical (unpaired) electrons. The highest BCUT2D eigenvalue weighted by atomic mass is 32.2. The highest BCUT2D eigenvalue weighted by molar-refractivity contribution is 7.89. The third-order valence-corrected chi connectivity index (χ3v) is 6.03. The number of carbonyl (C=O) groups is 1. The Balaban J connectivity index is 1.77. The Kier molecular flexibility index (Phi) is 6.18. The highest BCUT2D eigenvalue weighted by Crippen LogP contribution is 2.23. The van der Waals surface area contributed by atoms with Gasteiger partial charge in [0.05, 0.1) is 18.0 Å². The number of hydrogen-bond donors (Lipinski definition) is 2. The summed E-state index contributed by atoms with van der Waals surface area (Å²) in [6.07, 6.45) is 0. The first kappa shape index (κ1) is 21.5. The van der Waals surface area contributed by atoms with Crippen molar-refractivity contribution < 1.29 is 22.5 Å². The maximum Gasteiger partial charge on any atom is 0.242 e. The van der Waals surface area contributed by atoms with Gasteiger partial charge in [0, 0.05) is 18.2 Å². The zero-order valence-electron chi connectivity index (χ0n) is 17.0. The Hall–Kier alpha value is -3.24. The summed E-state index contributed by atoms with van der Waals surface area (Å²) >= 11 is 0. The Labute approximate surface area is 174 Å². The van der Waals surface area contributed by atoms with Crippen LogP contribution < -0.4 is 14.8 Å². The van der Waals surface area contributed by atoms with Crippen LogP contribution in [0.25, 0.3) is 11.4 Å². The van der Waals surface area contributed by atoms with E-state index >= 15 is 0 Å². The van der Waals surface area contributed by atoms with E-state index in [1.165, 1.54) is 13.0 Å². The van der Waals surface area contributed by atoms with Crippen molar-refractivity contribution in [2.75, 3.05) is 12.4 Å². The SMILES string of the molecule is COc1ccc(NC(=O)[C@@H](C)NS(=O)(=O)c2cc(-c3noc(C)n3)ccc2C)cc1. The van der Waals surface area contributed by atoms with Gasteiger partial charge in [0.1, 0.15) is 5.75 Å². The van der Waals surface area contributed by atoms with Crippen molar-refractivity contribution in [1.82, 2.24) is 14.9 Å². The Bertz CT molecular complexity index is 1160. The summed E-state index contributed by atoms with van der Waals surface area (Å²) in [4.78, 5) is 16.6. The zero-order valence-corrected chi connectivity index (χ0v) is 17.8. The second kappa shape index (κ2) is 8.64. The van der Waals surface area contributed by atoms with Crippen LogP contribution in [0.2, 0.25) is 0 Å². The molecule has 1 amide bonds. The summed E-state index contributed by atoms with van der Waals surface area (Å²) in [7, 11) is -2.44. The van der Waals surface area contributed by atoms with Gasteiger partial charge >= 0.3 is 0 Å². The van der Waals surface area contributed by atoms with E-state index in [1.807, 2.05) is 0 Å². The Morgan fingerprint density at radius 1 is 1.13 bits per heavy atom. The molecule has 2 N–H and O–H groups in total. The molecule has 0 bridgehead atoms. The first-order valence-corrected chi connectivity index (χ1v) is 10.6. The molecule has 3 aromatic rings. The number of nitrogens with zero attached hydrogens (tertiary/aromatic N) is 2. The summed E-state index contributed by atoms with van der Waals surface area (Å²) in [5.74, 6) is 0.812. The van der Waals surface area contributed by atoms with E-state index in [-0.39, 0.29) is 10.7 Å². The van der Waals surface area contributed by atoms with Crippen LogP contribution in [-0.4, -0.2) is 37.6 Å². The van der Waals surface area contributed by atoms with Crippen LogP contribution in [0.5, 0.6) is 5.75 Å². The molecule has 0 aliphatic rings. The second-order valence-corrected chi connectivity index (χ2v) is 8.36. The second-order valence-electron chi connectivity index (χ2n) is 6.68. The number of sulfonamides is 1. The summed E-state index contributed by atoms with van der Waals surface area (Å²) in [5.41, 5.74) is 1.54. The van der Waals surface area contributed by atoms with Crippen LogP contribution in [0.3, 0.4) is 0 Å². The maximum absolute atomic E-state index is 12.9. The molecule has 9 nitrogen and oxygen atoms in total. The minimum Gasteiger partial charge on any atom is -0.497 e. The molecule has 2 aromatic carbocycles. The molecule has 30 heavy (non-hydrogen) atoms. The quantitative estimate of drug-likeness (QED) is 0.591. The number of ether oxygens (including phenoxy) is 1. The van der Waals surface area contributed by atoms with E-state index in [0.717, 1.165) is 0 Å². The van der Waals surface area contributed by atoms with Crippen molar-refractivity contribution in [3.05, 3.63) is 53.9 Å². The summed E-state index contributed by atoms with van der Waals surface area (Å²) < 4.78 is 38.3. The average molecular weight is 430 g/mol. The number of aryl methyl sites for hydroxylation is 2. The molecule has 0 fully saturated rings. The van der Waals surface area contributed by atoms with Crippen LogP contribution in [0.1, 0.15) is 18.4 Å². The highest BCUT2D eigenvalue weighted by Gasteiger charge is 2.24. The molecule has 0 spiro atoms. The number of rotatable bonds is 7. The number of carbonyl (C=O) groups excluding carboxylic acids is 1. The van der Waals surface area contributed by atoms with Crippen molar-refractivity contribution in [3.63, 3.8) is 0 Å². The predicted octanol–water partition coefficient (Wildman–Crippen LogP) is 2.67. The lowest BCUT2D eigenvalue weighted by Gasteiger charge is -2.16. The molecule has 10 heteroatoms. The minimum atomic E-state index is -3.98. The fourth-order valence-electron chi connectivity index (χ4n) is 2.72.